The van der Waals surface area contributed by atoms with Crippen molar-refractivity contribution in [3.63, 3.8) is 0 Å². The molecule has 3 aromatic rings. The first kappa shape index (κ1) is 11.3. The van der Waals surface area contributed by atoms with Gasteiger partial charge in [0.05, 0.1) is 24.5 Å². The van der Waals surface area contributed by atoms with E-state index in [1.807, 2.05) is 0 Å². The molecule has 3 rings (SSSR count). The molecule has 6 nitrogen and oxygen atoms in total. The van der Waals surface area contributed by atoms with Crippen molar-refractivity contribution in [1.82, 2.24) is 10.1 Å². The van der Waals surface area contributed by atoms with E-state index in [9.17, 15) is 5.11 Å². The van der Waals surface area contributed by atoms with Crippen LogP contribution in [-0.2, 0) is 0 Å². The third-order valence-corrected chi connectivity index (χ3v) is 2.64. The average Bonchev–Trinajstić information content (AvgIpc) is 3.10. The van der Waals surface area contributed by atoms with Gasteiger partial charge in [0.2, 0.25) is 5.82 Å². The lowest BCUT2D eigenvalue weighted by Crippen LogP contribution is -1.86. The molecule has 19 heavy (non-hydrogen) atoms. The number of ether oxygens (including phenoxy) is 1. The van der Waals surface area contributed by atoms with Gasteiger partial charge in [-0.1, -0.05) is 5.16 Å². The van der Waals surface area contributed by atoms with Gasteiger partial charge in [-0.25, -0.2) is 0 Å². The number of furan rings is 1. The number of hydrogen-bond donors (Lipinski definition) is 1. The van der Waals surface area contributed by atoms with Gasteiger partial charge in [0.1, 0.15) is 17.8 Å². The minimum atomic E-state index is 0.0559. The highest BCUT2D eigenvalue weighted by atomic mass is 16.5. The number of methoxy groups -OCH3 is 1. The molecule has 0 aliphatic rings. The summed E-state index contributed by atoms with van der Waals surface area (Å²) in [6.45, 7) is 0. The van der Waals surface area contributed by atoms with E-state index >= 15 is 0 Å². The molecule has 6 heteroatoms. The van der Waals surface area contributed by atoms with Crippen molar-refractivity contribution in [2.75, 3.05) is 7.11 Å². The first-order valence-electron chi connectivity index (χ1n) is 5.51. The Morgan fingerprint density at radius 1 is 1.26 bits per heavy atom. The molecule has 96 valence electrons. The fraction of sp³-hybridized carbons (Fsp3) is 0.0769. The predicted molar refractivity (Wildman–Crippen MR) is 65.7 cm³/mol. The number of rotatable bonds is 3. The Hall–Kier alpha value is -2.76. The van der Waals surface area contributed by atoms with E-state index in [0.717, 1.165) is 0 Å². The molecule has 0 atom stereocenters. The van der Waals surface area contributed by atoms with Crippen LogP contribution in [0.4, 0.5) is 0 Å². The van der Waals surface area contributed by atoms with E-state index in [4.69, 9.17) is 13.7 Å². The Labute approximate surface area is 108 Å². The smallest absolute Gasteiger partial charge is 0.261 e. The summed E-state index contributed by atoms with van der Waals surface area (Å²) in [6.07, 6.45) is 3.02. The van der Waals surface area contributed by atoms with Crippen LogP contribution < -0.4 is 4.74 Å². The molecule has 0 unspecified atom stereocenters. The predicted octanol–water partition coefficient (Wildman–Crippen LogP) is 2.71. The van der Waals surface area contributed by atoms with Gasteiger partial charge in [-0.3, -0.25) is 0 Å². The first-order chi connectivity index (χ1) is 9.28. The van der Waals surface area contributed by atoms with E-state index in [1.54, 1.807) is 25.3 Å². The zero-order valence-corrected chi connectivity index (χ0v) is 10.0. The minimum Gasteiger partial charge on any atom is -0.507 e. The van der Waals surface area contributed by atoms with Crippen LogP contribution in [0.25, 0.3) is 22.8 Å². The molecular weight excluding hydrogens is 248 g/mol. The normalized spacial score (nSPS) is 10.6. The van der Waals surface area contributed by atoms with Gasteiger partial charge >= 0.3 is 0 Å². The average molecular weight is 258 g/mol. The van der Waals surface area contributed by atoms with Crippen LogP contribution >= 0.6 is 0 Å². The summed E-state index contributed by atoms with van der Waals surface area (Å²) in [4.78, 5) is 4.21. The summed E-state index contributed by atoms with van der Waals surface area (Å²) < 4.78 is 15.2. The fourth-order valence-electron chi connectivity index (χ4n) is 1.66. The van der Waals surface area contributed by atoms with Crippen LogP contribution in [0.3, 0.4) is 0 Å². The molecule has 2 heterocycles. The van der Waals surface area contributed by atoms with Gasteiger partial charge < -0.3 is 18.8 Å². The Balaban J connectivity index is 2.03. The van der Waals surface area contributed by atoms with Crippen LogP contribution in [0.15, 0.2) is 45.7 Å². The molecule has 2 aromatic heterocycles. The molecule has 0 aliphatic carbocycles. The lowest BCUT2D eigenvalue weighted by Gasteiger charge is -2.03. The summed E-state index contributed by atoms with van der Waals surface area (Å²) in [5.74, 6) is 1.27. The molecule has 0 spiro atoms. The Bertz CT molecular complexity index is 688. The molecule has 0 radical (unpaired) electrons. The zero-order valence-electron chi connectivity index (χ0n) is 10.0. The minimum absolute atomic E-state index is 0.0559. The number of aromatic nitrogens is 2. The quantitative estimate of drug-likeness (QED) is 0.777. The second kappa shape index (κ2) is 4.49. The molecule has 0 saturated heterocycles. The van der Waals surface area contributed by atoms with E-state index in [0.29, 0.717) is 22.8 Å². The number of phenolic OH excluding ortho intramolecular Hbond substituents is 1. The van der Waals surface area contributed by atoms with Gasteiger partial charge in [-0.05, 0) is 24.3 Å². The van der Waals surface area contributed by atoms with Gasteiger partial charge in [0, 0.05) is 0 Å². The Morgan fingerprint density at radius 2 is 2.16 bits per heavy atom. The maximum absolute atomic E-state index is 9.83. The zero-order chi connectivity index (χ0) is 13.2. The number of phenols is 1. The van der Waals surface area contributed by atoms with E-state index < -0.39 is 0 Å². The second-order valence-corrected chi connectivity index (χ2v) is 3.82. The molecule has 0 amide bonds. The van der Waals surface area contributed by atoms with Crippen molar-refractivity contribution < 1.29 is 18.8 Å². The highest BCUT2D eigenvalue weighted by Gasteiger charge is 2.15. The standard InChI is InChI=1S/C13H10N2O4/c1-17-9-2-3-11(16)10(6-9)12-14-13(19-15-12)8-4-5-18-7-8/h2-7,16H,1H3. The van der Waals surface area contributed by atoms with Crippen molar-refractivity contribution in [3.8, 4) is 34.3 Å². The molecular formula is C13H10N2O4. The third-order valence-electron chi connectivity index (χ3n) is 2.64. The Morgan fingerprint density at radius 3 is 2.89 bits per heavy atom. The fourth-order valence-corrected chi connectivity index (χ4v) is 1.66. The van der Waals surface area contributed by atoms with Crippen molar-refractivity contribution in [2.24, 2.45) is 0 Å². The van der Waals surface area contributed by atoms with Crippen molar-refractivity contribution >= 4 is 0 Å². The molecule has 0 fully saturated rings. The summed E-state index contributed by atoms with van der Waals surface area (Å²) in [7, 11) is 1.54. The maximum Gasteiger partial charge on any atom is 0.261 e. The number of nitrogens with zero attached hydrogens (tertiary/aromatic N) is 2. The SMILES string of the molecule is COc1ccc(O)c(-c2noc(-c3ccoc3)n2)c1. The second-order valence-electron chi connectivity index (χ2n) is 3.82. The van der Waals surface area contributed by atoms with Crippen molar-refractivity contribution in [2.45, 2.75) is 0 Å². The molecule has 0 aliphatic heterocycles. The molecule has 0 bridgehead atoms. The summed E-state index contributed by atoms with van der Waals surface area (Å²) >= 11 is 0. The first-order valence-corrected chi connectivity index (χ1v) is 5.51. The topological polar surface area (TPSA) is 81.5 Å². The summed E-state index contributed by atoms with van der Waals surface area (Å²) in [6, 6.07) is 6.51. The van der Waals surface area contributed by atoms with Crippen LogP contribution in [0, 0.1) is 0 Å². The summed E-state index contributed by atoms with van der Waals surface area (Å²) in [5, 5.41) is 13.7. The summed E-state index contributed by atoms with van der Waals surface area (Å²) in [5.41, 5.74) is 1.12. The van der Waals surface area contributed by atoms with Gasteiger partial charge in [0.15, 0.2) is 0 Å². The van der Waals surface area contributed by atoms with E-state index in [-0.39, 0.29) is 11.6 Å². The van der Waals surface area contributed by atoms with E-state index in [1.165, 1.54) is 18.6 Å². The highest BCUT2D eigenvalue weighted by Crippen LogP contribution is 2.32. The Kier molecular flexibility index (Phi) is 2.68. The highest BCUT2D eigenvalue weighted by molar-refractivity contribution is 5.67. The molecule has 0 saturated carbocycles. The van der Waals surface area contributed by atoms with Crippen molar-refractivity contribution in [1.29, 1.82) is 0 Å². The van der Waals surface area contributed by atoms with Gasteiger partial charge in [-0.15, -0.1) is 0 Å². The lowest BCUT2D eigenvalue weighted by atomic mass is 10.2. The van der Waals surface area contributed by atoms with Crippen LogP contribution in [0.2, 0.25) is 0 Å². The van der Waals surface area contributed by atoms with Crippen molar-refractivity contribution in [3.05, 3.63) is 36.8 Å². The van der Waals surface area contributed by atoms with Crippen LogP contribution in [-0.4, -0.2) is 22.4 Å². The number of aromatic hydroxyl groups is 1. The van der Waals surface area contributed by atoms with E-state index in [2.05, 4.69) is 10.1 Å². The number of hydrogen-bond acceptors (Lipinski definition) is 6. The van der Waals surface area contributed by atoms with Crippen LogP contribution in [0.1, 0.15) is 0 Å². The number of benzene rings is 1. The van der Waals surface area contributed by atoms with Crippen LogP contribution in [0.5, 0.6) is 11.5 Å². The lowest BCUT2D eigenvalue weighted by molar-refractivity contribution is 0.412. The monoisotopic (exact) mass is 258 g/mol. The molecule has 1 N–H and O–H groups in total. The largest absolute Gasteiger partial charge is 0.507 e. The van der Waals surface area contributed by atoms with Gasteiger partial charge in [0.25, 0.3) is 5.89 Å². The van der Waals surface area contributed by atoms with Gasteiger partial charge in [-0.2, -0.15) is 4.98 Å². The third kappa shape index (κ3) is 2.03. The molecule has 1 aromatic carbocycles. The maximum atomic E-state index is 9.83.